The molecular weight excluding hydrogens is 204 g/mol. The minimum atomic E-state index is 0.0827. The van der Waals surface area contributed by atoms with Crippen molar-refractivity contribution in [1.29, 1.82) is 0 Å². The summed E-state index contributed by atoms with van der Waals surface area (Å²) in [6.07, 6.45) is 4.93. The van der Waals surface area contributed by atoms with E-state index in [0.29, 0.717) is 18.1 Å². The van der Waals surface area contributed by atoms with E-state index in [4.69, 9.17) is 10.3 Å². The first-order valence-electron chi connectivity index (χ1n) is 5.28. The van der Waals surface area contributed by atoms with Crippen molar-refractivity contribution in [2.75, 3.05) is 0 Å². The van der Waals surface area contributed by atoms with Gasteiger partial charge in [0.15, 0.2) is 5.82 Å². The second-order valence-corrected chi connectivity index (χ2v) is 3.63. The molecule has 84 valence electrons. The highest BCUT2D eigenvalue weighted by molar-refractivity contribution is 5.50. The lowest BCUT2D eigenvalue weighted by Crippen LogP contribution is -2.21. The van der Waals surface area contributed by atoms with Gasteiger partial charge in [-0.1, -0.05) is 12.1 Å². The van der Waals surface area contributed by atoms with Gasteiger partial charge in [0, 0.05) is 24.9 Å². The van der Waals surface area contributed by atoms with E-state index in [0.717, 1.165) is 12.0 Å². The zero-order valence-electron chi connectivity index (χ0n) is 9.13. The molecular formula is C11H14N4O. The molecule has 0 aromatic carbocycles. The molecule has 0 bridgehead atoms. The normalized spacial score (nSPS) is 12.6. The average molecular weight is 218 g/mol. The zero-order valence-corrected chi connectivity index (χ0v) is 9.13. The predicted octanol–water partition coefficient (Wildman–Crippen LogP) is 1.41. The Morgan fingerprint density at radius 1 is 1.50 bits per heavy atom. The second kappa shape index (κ2) is 4.85. The summed E-state index contributed by atoms with van der Waals surface area (Å²) in [5.41, 5.74) is 6.64. The minimum Gasteiger partial charge on any atom is -0.334 e. The minimum absolute atomic E-state index is 0.0827. The lowest BCUT2D eigenvalue weighted by Gasteiger charge is -2.02. The van der Waals surface area contributed by atoms with E-state index in [1.165, 1.54) is 0 Å². The highest BCUT2D eigenvalue weighted by Gasteiger charge is 2.10. The summed E-state index contributed by atoms with van der Waals surface area (Å²) in [7, 11) is 0. The van der Waals surface area contributed by atoms with Gasteiger partial charge in [0.1, 0.15) is 0 Å². The Labute approximate surface area is 93.7 Å². The van der Waals surface area contributed by atoms with E-state index < -0.39 is 0 Å². The highest BCUT2D eigenvalue weighted by atomic mass is 16.5. The zero-order chi connectivity index (χ0) is 11.4. The highest BCUT2D eigenvalue weighted by Crippen LogP contribution is 2.15. The molecule has 5 heteroatoms. The Balaban J connectivity index is 2.14. The van der Waals surface area contributed by atoms with Gasteiger partial charge in [0.25, 0.3) is 5.89 Å². The second-order valence-electron chi connectivity index (χ2n) is 3.63. The predicted molar refractivity (Wildman–Crippen MR) is 59.5 cm³/mol. The molecule has 16 heavy (non-hydrogen) atoms. The number of pyridine rings is 1. The standard InChI is InChI=1S/C11H14N4O/c1-2-9(12)6-10-14-11(16-15-10)8-4-3-5-13-7-8/h3-5,7,9H,2,6,12H2,1H3. The Morgan fingerprint density at radius 2 is 2.38 bits per heavy atom. The first kappa shape index (κ1) is 10.8. The number of hydrogen-bond acceptors (Lipinski definition) is 5. The van der Waals surface area contributed by atoms with Crippen molar-refractivity contribution >= 4 is 0 Å². The SMILES string of the molecule is CCC(N)Cc1noc(-c2cccnc2)n1. The lowest BCUT2D eigenvalue weighted by molar-refractivity contribution is 0.419. The van der Waals surface area contributed by atoms with Crippen molar-refractivity contribution in [1.82, 2.24) is 15.1 Å². The number of hydrogen-bond donors (Lipinski definition) is 1. The van der Waals surface area contributed by atoms with Gasteiger partial charge in [-0.15, -0.1) is 0 Å². The average Bonchev–Trinajstić information content (AvgIpc) is 2.78. The Hall–Kier alpha value is -1.75. The van der Waals surface area contributed by atoms with E-state index in [-0.39, 0.29) is 6.04 Å². The third kappa shape index (κ3) is 2.43. The fourth-order valence-corrected chi connectivity index (χ4v) is 1.32. The molecule has 1 unspecified atom stereocenters. The lowest BCUT2D eigenvalue weighted by atomic mass is 10.2. The number of rotatable bonds is 4. The molecule has 2 aromatic heterocycles. The van der Waals surface area contributed by atoms with Crippen LogP contribution in [-0.2, 0) is 6.42 Å². The fraction of sp³-hybridized carbons (Fsp3) is 0.364. The quantitative estimate of drug-likeness (QED) is 0.839. The van der Waals surface area contributed by atoms with Crippen LogP contribution in [0, 0.1) is 0 Å². The summed E-state index contributed by atoms with van der Waals surface area (Å²) < 4.78 is 5.14. The summed E-state index contributed by atoms with van der Waals surface area (Å²) in [6, 6.07) is 3.79. The first-order chi connectivity index (χ1) is 7.79. The van der Waals surface area contributed by atoms with Crippen LogP contribution in [-0.4, -0.2) is 21.2 Å². The van der Waals surface area contributed by atoms with Gasteiger partial charge in [0.2, 0.25) is 0 Å². The molecule has 0 spiro atoms. The van der Waals surface area contributed by atoms with Gasteiger partial charge in [-0.25, -0.2) is 0 Å². The van der Waals surface area contributed by atoms with E-state index >= 15 is 0 Å². The van der Waals surface area contributed by atoms with Crippen LogP contribution in [0.15, 0.2) is 29.0 Å². The molecule has 0 aliphatic rings. The van der Waals surface area contributed by atoms with Crippen LogP contribution in [0.5, 0.6) is 0 Å². The molecule has 0 fully saturated rings. The smallest absolute Gasteiger partial charge is 0.259 e. The van der Waals surface area contributed by atoms with E-state index in [2.05, 4.69) is 15.1 Å². The van der Waals surface area contributed by atoms with Crippen molar-refractivity contribution < 1.29 is 4.52 Å². The van der Waals surface area contributed by atoms with Crippen LogP contribution < -0.4 is 5.73 Å². The number of nitrogens with zero attached hydrogens (tertiary/aromatic N) is 3. The molecule has 0 aliphatic heterocycles. The van der Waals surface area contributed by atoms with Crippen molar-refractivity contribution in [2.45, 2.75) is 25.8 Å². The number of nitrogens with two attached hydrogens (primary N) is 1. The van der Waals surface area contributed by atoms with E-state index in [1.54, 1.807) is 12.4 Å². The molecule has 5 nitrogen and oxygen atoms in total. The van der Waals surface area contributed by atoms with Crippen LogP contribution in [0.25, 0.3) is 11.5 Å². The third-order valence-corrected chi connectivity index (χ3v) is 2.35. The van der Waals surface area contributed by atoms with Crippen LogP contribution >= 0.6 is 0 Å². The van der Waals surface area contributed by atoms with Gasteiger partial charge in [-0.2, -0.15) is 4.98 Å². The summed E-state index contributed by atoms with van der Waals surface area (Å²) >= 11 is 0. The first-order valence-corrected chi connectivity index (χ1v) is 5.28. The Kier molecular flexibility index (Phi) is 3.26. The van der Waals surface area contributed by atoms with Gasteiger partial charge < -0.3 is 10.3 Å². The molecule has 2 N–H and O–H groups in total. The van der Waals surface area contributed by atoms with Crippen LogP contribution in [0.3, 0.4) is 0 Å². The largest absolute Gasteiger partial charge is 0.334 e. The molecule has 2 rings (SSSR count). The molecule has 0 amide bonds. The monoisotopic (exact) mass is 218 g/mol. The molecule has 0 saturated carbocycles. The summed E-state index contributed by atoms with van der Waals surface area (Å²) in [5, 5.41) is 3.89. The van der Waals surface area contributed by atoms with Gasteiger partial charge >= 0.3 is 0 Å². The molecule has 0 aliphatic carbocycles. The maximum Gasteiger partial charge on any atom is 0.259 e. The maximum atomic E-state index is 5.82. The van der Waals surface area contributed by atoms with E-state index in [9.17, 15) is 0 Å². The summed E-state index contributed by atoms with van der Waals surface area (Å²) in [5.74, 6) is 1.14. The molecule has 0 saturated heterocycles. The molecule has 1 atom stereocenters. The van der Waals surface area contributed by atoms with Gasteiger partial charge in [-0.05, 0) is 18.6 Å². The molecule has 2 heterocycles. The van der Waals surface area contributed by atoms with Crippen molar-refractivity contribution in [3.05, 3.63) is 30.4 Å². The number of aromatic nitrogens is 3. The van der Waals surface area contributed by atoms with Crippen LogP contribution in [0.1, 0.15) is 19.2 Å². The summed E-state index contributed by atoms with van der Waals surface area (Å²) in [4.78, 5) is 8.27. The van der Waals surface area contributed by atoms with Crippen molar-refractivity contribution in [3.8, 4) is 11.5 Å². The van der Waals surface area contributed by atoms with Crippen LogP contribution in [0.4, 0.5) is 0 Å². The van der Waals surface area contributed by atoms with Crippen molar-refractivity contribution in [2.24, 2.45) is 5.73 Å². The van der Waals surface area contributed by atoms with Gasteiger partial charge in [0.05, 0.1) is 5.56 Å². The van der Waals surface area contributed by atoms with Gasteiger partial charge in [-0.3, -0.25) is 4.98 Å². The van der Waals surface area contributed by atoms with E-state index in [1.807, 2.05) is 19.1 Å². The van der Waals surface area contributed by atoms with Crippen molar-refractivity contribution in [3.63, 3.8) is 0 Å². The third-order valence-electron chi connectivity index (χ3n) is 2.35. The topological polar surface area (TPSA) is 77.8 Å². The Bertz CT molecular complexity index is 440. The Morgan fingerprint density at radius 3 is 3.06 bits per heavy atom. The molecule has 0 radical (unpaired) electrons. The summed E-state index contributed by atoms with van der Waals surface area (Å²) in [6.45, 7) is 2.03. The van der Waals surface area contributed by atoms with Crippen LogP contribution in [0.2, 0.25) is 0 Å². The maximum absolute atomic E-state index is 5.82. The fourth-order valence-electron chi connectivity index (χ4n) is 1.32. The molecule has 2 aromatic rings.